The molecule has 10 nitrogen and oxygen atoms in total. The molecule has 7 rings (SSSR count). The van der Waals surface area contributed by atoms with Crippen LogP contribution in [-0.4, -0.2) is 58.3 Å². The van der Waals surface area contributed by atoms with Gasteiger partial charge in [-0.2, -0.15) is 5.10 Å². The van der Waals surface area contributed by atoms with Crippen LogP contribution in [0, 0.1) is 24.5 Å². The third-order valence-electron chi connectivity index (χ3n) is 9.08. The number of hydrogen-bond acceptors (Lipinski definition) is 7. The van der Waals surface area contributed by atoms with E-state index in [0.29, 0.717) is 36.6 Å². The number of aryl methyl sites for hydroxylation is 1. The molecule has 2 aliphatic rings. The lowest BCUT2D eigenvalue weighted by molar-refractivity contribution is 0.0487. The predicted molar refractivity (Wildman–Crippen MR) is 174 cm³/mol. The van der Waals surface area contributed by atoms with E-state index < -0.39 is 29.0 Å². The van der Waals surface area contributed by atoms with Crippen LogP contribution >= 0.6 is 0 Å². The van der Waals surface area contributed by atoms with Gasteiger partial charge in [0, 0.05) is 55.0 Å². The van der Waals surface area contributed by atoms with E-state index in [9.17, 15) is 14.0 Å². The van der Waals surface area contributed by atoms with E-state index >= 15 is 4.39 Å². The Bertz CT molecular complexity index is 2010. The summed E-state index contributed by atoms with van der Waals surface area (Å²) < 4.78 is 43.4. The van der Waals surface area contributed by atoms with Gasteiger partial charge in [-0.05, 0) is 87.1 Å². The van der Waals surface area contributed by atoms with Gasteiger partial charge in [0.2, 0.25) is 5.88 Å². The van der Waals surface area contributed by atoms with Gasteiger partial charge in [-0.1, -0.05) is 6.07 Å². The maximum Gasteiger partial charge on any atom is 0.257 e. The normalized spacial score (nSPS) is 15.7. The molecule has 0 atom stereocenters. The largest absolute Gasteiger partial charge is 0.477 e. The van der Waals surface area contributed by atoms with Crippen LogP contribution in [0.25, 0.3) is 27.9 Å². The van der Waals surface area contributed by atoms with Gasteiger partial charge in [0.25, 0.3) is 11.8 Å². The van der Waals surface area contributed by atoms with E-state index in [-0.39, 0.29) is 39.7 Å². The van der Waals surface area contributed by atoms with Gasteiger partial charge in [-0.3, -0.25) is 14.6 Å². The number of amides is 2. The minimum Gasteiger partial charge on any atom is -0.477 e. The van der Waals surface area contributed by atoms with Crippen LogP contribution in [0.4, 0.5) is 8.78 Å². The van der Waals surface area contributed by atoms with Crippen molar-refractivity contribution >= 4 is 17.3 Å². The van der Waals surface area contributed by atoms with Gasteiger partial charge in [-0.15, -0.1) is 0 Å². The second-order valence-corrected chi connectivity index (χ2v) is 12.2. The van der Waals surface area contributed by atoms with Crippen LogP contribution in [0.1, 0.15) is 57.8 Å². The third-order valence-corrected chi connectivity index (χ3v) is 9.08. The van der Waals surface area contributed by atoms with Crippen LogP contribution in [0.5, 0.6) is 5.88 Å². The van der Waals surface area contributed by atoms with Crippen molar-refractivity contribution < 1.29 is 27.8 Å². The van der Waals surface area contributed by atoms with Crippen molar-refractivity contribution in [3.05, 3.63) is 101 Å². The highest BCUT2D eigenvalue weighted by Crippen LogP contribution is 2.45. The monoisotopic (exact) mass is 652 g/mol. The molecule has 0 unspecified atom stereocenters. The first-order chi connectivity index (χ1) is 23.3. The SMILES string of the molecule is CNC(=O)c1c(-c2ccc(F)cc2)nn2ccc(-c3cc(C(=O)NC4(c5ccccn5)CC4)c(OCC4CCOCC4)nc3C)c(F)c12. The highest BCUT2D eigenvalue weighted by molar-refractivity contribution is 6.07. The fourth-order valence-electron chi connectivity index (χ4n) is 6.20. The number of carbonyl (C=O) groups is 2. The number of nitrogens with one attached hydrogen (secondary N) is 2. The average Bonchev–Trinajstić information content (AvgIpc) is 3.79. The van der Waals surface area contributed by atoms with Crippen molar-refractivity contribution in [1.82, 2.24) is 30.2 Å². The van der Waals surface area contributed by atoms with Crippen LogP contribution < -0.4 is 15.4 Å². The quantitative estimate of drug-likeness (QED) is 0.212. The summed E-state index contributed by atoms with van der Waals surface area (Å²) in [5, 5.41) is 10.2. The number of pyridine rings is 3. The molecule has 1 saturated heterocycles. The molecule has 2 fully saturated rings. The van der Waals surface area contributed by atoms with Gasteiger partial charge < -0.3 is 20.1 Å². The van der Waals surface area contributed by atoms with E-state index in [1.54, 1.807) is 25.4 Å². The lowest BCUT2D eigenvalue weighted by Crippen LogP contribution is -2.36. The Morgan fingerprint density at radius 1 is 1.04 bits per heavy atom. The fraction of sp³-hybridized carbons (Fsp3) is 0.306. The first kappa shape index (κ1) is 31.4. The fourth-order valence-corrected chi connectivity index (χ4v) is 6.20. The number of hydrogen-bond donors (Lipinski definition) is 2. The van der Waals surface area contributed by atoms with Gasteiger partial charge in [0.1, 0.15) is 22.6 Å². The van der Waals surface area contributed by atoms with E-state index in [2.05, 4.69) is 20.7 Å². The van der Waals surface area contributed by atoms with Crippen molar-refractivity contribution in [2.24, 2.45) is 5.92 Å². The van der Waals surface area contributed by atoms with Crippen LogP contribution in [0.15, 0.2) is 67.0 Å². The zero-order chi connectivity index (χ0) is 33.4. The Morgan fingerprint density at radius 2 is 1.81 bits per heavy atom. The Morgan fingerprint density at radius 3 is 2.50 bits per heavy atom. The molecule has 1 aromatic carbocycles. The predicted octanol–water partition coefficient (Wildman–Crippen LogP) is 5.63. The Balaban J connectivity index is 1.32. The molecule has 246 valence electrons. The first-order valence-electron chi connectivity index (χ1n) is 15.9. The smallest absolute Gasteiger partial charge is 0.257 e. The number of carbonyl (C=O) groups excluding carboxylic acids is 2. The van der Waals surface area contributed by atoms with Crippen LogP contribution in [0.3, 0.4) is 0 Å². The average molecular weight is 653 g/mol. The molecule has 1 saturated carbocycles. The first-order valence-corrected chi connectivity index (χ1v) is 15.9. The molecular formula is C36H34F2N6O4. The van der Waals surface area contributed by atoms with E-state index in [0.717, 1.165) is 31.4 Å². The van der Waals surface area contributed by atoms with Crippen LogP contribution in [-0.2, 0) is 10.3 Å². The summed E-state index contributed by atoms with van der Waals surface area (Å²) in [5.41, 5.74) is 1.80. The number of rotatable bonds is 9. The van der Waals surface area contributed by atoms with Crippen molar-refractivity contribution in [3.63, 3.8) is 0 Å². The summed E-state index contributed by atoms with van der Waals surface area (Å²) in [6.07, 6.45) is 6.37. The molecule has 1 aliphatic carbocycles. The lowest BCUT2D eigenvalue weighted by Gasteiger charge is -2.23. The lowest BCUT2D eigenvalue weighted by atomic mass is 9.99. The molecule has 5 heterocycles. The van der Waals surface area contributed by atoms with Gasteiger partial charge >= 0.3 is 0 Å². The maximum absolute atomic E-state index is 16.7. The number of aromatic nitrogens is 4. The third kappa shape index (κ3) is 5.87. The summed E-state index contributed by atoms with van der Waals surface area (Å²) in [6, 6.07) is 14.2. The van der Waals surface area contributed by atoms with Gasteiger partial charge in [0.15, 0.2) is 5.82 Å². The molecule has 0 spiro atoms. The van der Waals surface area contributed by atoms with E-state index in [1.165, 1.54) is 41.9 Å². The summed E-state index contributed by atoms with van der Waals surface area (Å²) >= 11 is 0. The zero-order valence-corrected chi connectivity index (χ0v) is 26.6. The summed E-state index contributed by atoms with van der Waals surface area (Å²) in [7, 11) is 1.44. The topological polar surface area (TPSA) is 120 Å². The number of ether oxygens (including phenoxy) is 2. The van der Waals surface area contributed by atoms with E-state index in [4.69, 9.17) is 14.5 Å². The zero-order valence-electron chi connectivity index (χ0n) is 26.6. The minimum absolute atomic E-state index is 0.00510. The standard InChI is InChI=1S/C36H34F2N6O4/c1-21-26(25-10-16-44-32(30(25)38)29(34(46)39-2)31(43-44)23-6-8-24(37)9-7-23)19-27(35(41-21)48-20-22-11-17-47-18-12-22)33(45)42-36(13-14-36)28-5-3-4-15-40-28/h3-10,15-16,19,22H,11-14,17-18,20H2,1-2H3,(H,39,46)(H,42,45). The molecular weight excluding hydrogens is 618 g/mol. The number of benzene rings is 1. The number of halogens is 2. The van der Waals surface area contributed by atoms with Crippen molar-refractivity contribution in [1.29, 1.82) is 0 Å². The van der Waals surface area contributed by atoms with Crippen molar-refractivity contribution in [2.45, 2.75) is 38.1 Å². The highest BCUT2D eigenvalue weighted by Gasteiger charge is 2.47. The molecule has 12 heteroatoms. The number of fused-ring (bicyclic) bond motifs is 1. The number of nitrogens with zero attached hydrogens (tertiary/aromatic N) is 4. The Hall–Kier alpha value is -5.23. The summed E-state index contributed by atoms with van der Waals surface area (Å²) in [4.78, 5) is 36.4. The minimum atomic E-state index is -0.726. The van der Waals surface area contributed by atoms with Crippen molar-refractivity contribution in [2.75, 3.05) is 26.9 Å². The molecule has 4 aromatic heterocycles. The molecule has 2 amide bonds. The Labute approximate surface area is 275 Å². The van der Waals surface area contributed by atoms with Gasteiger partial charge in [0.05, 0.1) is 23.4 Å². The highest BCUT2D eigenvalue weighted by atomic mass is 19.1. The maximum atomic E-state index is 16.7. The molecule has 0 bridgehead atoms. The Kier molecular flexibility index (Phi) is 8.34. The molecule has 5 aromatic rings. The molecule has 2 N–H and O–H groups in total. The molecule has 1 aliphatic heterocycles. The van der Waals surface area contributed by atoms with E-state index in [1.807, 2.05) is 18.2 Å². The van der Waals surface area contributed by atoms with Crippen LogP contribution in [0.2, 0.25) is 0 Å². The molecule has 0 radical (unpaired) electrons. The second-order valence-electron chi connectivity index (χ2n) is 12.2. The second kappa shape index (κ2) is 12.8. The molecule has 48 heavy (non-hydrogen) atoms. The summed E-state index contributed by atoms with van der Waals surface area (Å²) in [6.45, 7) is 3.38. The summed E-state index contributed by atoms with van der Waals surface area (Å²) in [5.74, 6) is -1.74. The van der Waals surface area contributed by atoms with Gasteiger partial charge in [-0.25, -0.2) is 18.3 Å². The van der Waals surface area contributed by atoms with Crippen molar-refractivity contribution in [3.8, 4) is 28.3 Å².